The molecule has 1 aliphatic carbocycles. The molecule has 5 heteroatoms. The summed E-state index contributed by atoms with van der Waals surface area (Å²) in [6.07, 6.45) is 7.70. The highest BCUT2D eigenvalue weighted by Crippen LogP contribution is 2.27. The van der Waals surface area contributed by atoms with Gasteiger partial charge >= 0.3 is 0 Å². The van der Waals surface area contributed by atoms with Crippen LogP contribution >= 0.6 is 11.3 Å². The molecule has 1 saturated carbocycles. The lowest BCUT2D eigenvalue weighted by Crippen LogP contribution is -2.38. The van der Waals surface area contributed by atoms with Crippen LogP contribution in [0.3, 0.4) is 0 Å². The van der Waals surface area contributed by atoms with E-state index in [1.54, 1.807) is 0 Å². The van der Waals surface area contributed by atoms with Crippen LogP contribution in [0.15, 0.2) is 5.38 Å². The summed E-state index contributed by atoms with van der Waals surface area (Å²) in [6, 6.07) is 0.358. The van der Waals surface area contributed by atoms with E-state index in [2.05, 4.69) is 17.2 Å². The number of anilines is 1. The number of aromatic nitrogens is 1. The highest BCUT2D eigenvalue weighted by Gasteiger charge is 2.21. The van der Waals surface area contributed by atoms with E-state index in [-0.39, 0.29) is 5.91 Å². The van der Waals surface area contributed by atoms with Crippen molar-refractivity contribution in [2.24, 2.45) is 5.92 Å². The number of nitrogen functional groups attached to an aromatic ring is 1. The summed E-state index contributed by atoms with van der Waals surface area (Å²) in [7, 11) is 0. The van der Waals surface area contributed by atoms with E-state index < -0.39 is 0 Å². The fraction of sp³-hybridized carbons (Fsp3) is 0.714. The second-order valence-electron chi connectivity index (χ2n) is 5.43. The quantitative estimate of drug-likeness (QED) is 0.872. The number of amides is 1. The summed E-state index contributed by atoms with van der Waals surface area (Å²) >= 11 is 1.38. The topological polar surface area (TPSA) is 68.0 Å². The van der Waals surface area contributed by atoms with Crippen LogP contribution in [0.4, 0.5) is 5.13 Å². The molecule has 0 saturated heterocycles. The molecule has 0 spiro atoms. The van der Waals surface area contributed by atoms with Gasteiger partial charge in [0.05, 0.1) is 12.1 Å². The van der Waals surface area contributed by atoms with Crippen molar-refractivity contribution in [3.8, 4) is 0 Å². The van der Waals surface area contributed by atoms with Crippen LogP contribution in [0, 0.1) is 5.92 Å². The van der Waals surface area contributed by atoms with Crippen LogP contribution < -0.4 is 11.1 Å². The van der Waals surface area contributed by atoms with E-state index in [9.17, 15) is 4.79 Å². The van der Waals surface area contributed by atoms with Crippen molar-refractivity contribution in [2.75, 3.05) is 5.73 Å². The van der Waals surface area contributed by atoms with E-state index in [4.69, 9.17) is 5.73 Å². The number of thiazole rings is 1. The van der Waals surface area contributed by atoms with Crippen LogP contribution in [-0.4, -0.2) is 16.9 Å². The number of rotatable bonds is 5. The molecule has 4 nitrogen and oxygen atoms in total. The Kier molecular flexibility index (Phi) is 5.19. The number of nitrogens with one attached hydrogen (secondary N) is 1. The molecule has 2 rings (SSSR count). The summed E-state index contributed by atoms with van der Waals surface area (Å²) in [4.78, 5) is 16.0. The molecule has 0 radical (unpaired) electrons. The first-order valence-corrected chi connectivity index (χ1v) is 8.04. The van der Waals surface area contributed by atoms with Crippen molar-refractivity contribution in [1.82, 2.24) is 10.3 Å². The lowest BCUT2D eigenvalue weighted by Gasteiger charge is -2.28. The van der Waals surface area contributed by atoms with Crippen LogP contribution in [0.25, 0.3) is 0 Å². The molecule has 1 amide bonds. The maximum absolute atomic E-state index is 11.9. The number of nitrogens with two attached hydrogens (primary N) is 1. The van der Waals surface area contributed by atoms with Crippen molar-refractivity contribution in [1.29, 1.82) is 0 Å². The Balaban J connectivity index is 1.71. The third kappa shape index (κ3) is 4.49. The number of carbonyl (C=O) groups is 1. The Hall–Kier alpha value is -1.10. The first-order chi connectivity index (χ1) is 9.17. The summed E-state index contributed by atoms with van der Waals surface area (Å²) < 4.78 is 0. The molecule has 19 heavy (non-hydrogen) atoms. The minimum atomic E-state index is 0.0734. The van der Waals surface area contributed by atoms with Gasteiger partial charge in [-0.2, -0.15) is 0 Å². The standard InChI is InChI=1S/C14H23N3OS/c1-2-3-10-4-6-11(7-5-10)16-13(18)8-12-9-19-14(15)17-12/h9-11H,2-8H2,1H3,(H2,15,17)(H,16,18). The molecule has 106 valence electrons. The van der Waals surface area contributed by atoms with Gasteiger partial charge in [0.1, 0.15) is 0 Å². The van der Waals surface area contributed by atoms with Gasteiger partial charge in [-0.15, -0.1) is 11.3 Å². The molecule has 0 aromatic carbocycles. The summed E-state index contributed by atoms with van der Waals surface area (Å²) in [5.74, 6) is 0.945. The third-order valence-electron chi connectivity index (χ3n) is 3.82. The zero-order valence-corrected chi connectivity index (χ0v) is 12.3. The predicted molar refractivity (Wildman–Crippen MR) is 79.0 cm³/mol. The van der Waals surface area contributed by atoms with Gasteiger partial charge in [0, 0.05) is 11.4 Å². The zero-order valence-electron chi connectivity index (χ0n) is 11.5. The lowest BCUT2D eigenvalue weighted by molar-refractivity contribution is -0.121. The van der Waals surface area contributed by atoms with Crippen molar-refractivity contribution in [3.05, 3.63) is 11.1 Å². The molecular formula is C14H23N3OS. The Morgan fingerprint density at radius 3 is 2.79 bits per heavy atom. The molecule has 0 atom stereocenters. The van der Waals surface area contributed by atoms with Crippen molar-refractivity contribution < 1.29 is 4.79 Å². The molecule has 0 aliphatic heterocycles. The zero-order chi connectivity index (χ0) is 13.7. The highest BCUT2D eigenvalue weighted by molar-refractivity contribution is 7.13. The molecule has 1 aliphatic rings. The normalized spacial score (nSPS) is 23.2. The minimum Gasteiger partial charge on any atom is -0.375 e. The Labute approximate surface area is 118 Å². The molecule has 0 unspecified atom stereocenters. The predicted octanol–water partition coefficient (Wildman–Crippen LogP) is 2.74. The summed E-state index contributed by atoms with van der Waals surface area (Å²) in [5.41, 5.74) is 6.34. The Bertz CT molecular complexity index is 411. The van der Waals surface area contributed by atoms with Gasteiger partial charge in [-0.1, -0.05) is 19.8 Å². The summed E-state index contributed by atoms with van der Waals surface area (Å²) in [6.45, 7) is 2.24. The van der Waals surface area contributed by atoms with Crippen molar-refractivity contribution in [3.63, 3.8) is 0 Å². The molecule has 1 aromatic rings. The van der Waals surface area contributed by atoms with E-state index >= 15 is 0 Å². The minimum absolute atomic E-state index is 0.0734. The van der Waals surface area contributed by atoms with Crippen LogP contribution in [-0.2, 0) is 11.2 Å². The van der Waals surface area contributed by atoms with E-state index in [0.29, 0.717) is 17.6 Å². The average Bonchev–Trinajstić information content (AvgIpc) is 2.77. The number of hydrogen-bond acceptors (Lipinski definition) is 4. The van der Waals surface area contributed by atoms with Crippen LogP contribution in [0.5, 0.6) is 0 Å². The van der Waals surface area contributed by atoms with Gasteiger partial charge in [0.25, 0.3) is 0 Å². The maximum Gasteiger partial charge on any atom is 0.226 e. The van der Waals surface area contributed by atoms with Gasteiger partial charge in [-0.3, -0.25) is 4.79 Å². The molecule has 1 aromatic heterocycles. The van der Waals surface area contributed by atoms with Crippen molar-refractivity contribution in [2.45, 2.75) is 57.9 Å². The van der Waals surface area contributed by atoms with E-state index in [1.165, 1.54) is 37.0 Å². The molecule has 3 N–H and O–H groups in total. The van der Waals surface area contributed by atoms with Crippen molar-refractivity contribution >= 4 is 22.4 Å². The number of nitrogens with zero attached hydrogens (tertiary/aromatic N) is 1. The first kappa shape index (κ1) is 14.3. The number of carbonyl (C=O) groups excluding carboxylic acids is 1. The molecule has 0 bridgehead atoms. The van der Waals surface area contributed by atoms with Gasteiger partial charge in [0.15, 0.2) is 5.13 Å². The van der Waals surface area contributed by atoms with Crippen LogP contribution in [0.1, 0.15) is 51.1 Å². The largest absolute Gasteiger partial charge is 0.375 e. The second-order valence-corrected chi connectivity index (χ2v) is 6.32. The van der Waals surface area contributed by atoms with Gasteiger partial charge in [-0.05, 0) is 31.6 Å². The van der Waals surface area contributed by atoms with Gasteiger partial charge in [-0.25, -0.2) is 4.98 Å². The highest BCUT2D eigenvalue weighted by atomic mass is 32.1. The molecule has 1 heterocycles. The second kappa shape index (κ2) is 6.89. The van der Waals surface area contributed by atoms with Gasteiger partial charge < -0.3 is 11.1 Å². The van der Waals surface area contributed by atoms with Gasteiger partial charge in [0.2, 0.25) is 5.91 Å². The smallest absolute Gasteiger partial charge is 0.226 e. The molecular weight excluding hydrogens is 258 g/mol. The number of hydrogen-bond donors (Lipinski definition) is 2. The molecule has 1 fully saturated rings. The summed E-state index contributed by atoms with van der Waals surface area (Å²) in [5, 5.41) is 5.51. The third-order valence-corrected chi connectivity index (χ3v) is 4.54. The Morgan fingerprint density at radius 2 is 2.21 bits per heavy atom. The fourth-order valence-corrected chi connectivity index (χ4v) is 3.41. The fourth-order valence-electron chi connectivity index (χ4n) is 2.85. The van der Waals surface area contributed by atoms with E-state index in [0.717, 1.165) is 24.5 Å². The van der Waals surface area contributed by atoms with Crippen LogP contribution in [0.2, 0.25) is 0 Å². The maximum atomic E-state index is 11.9. The first-order valence-electron chi connectivity index (χ1n) is 7.16. The monoisotopic (exact) mass is 281 g/mol. The van der Waals surface area contributed by atoms with E-state index in [1.807, 2.05) is 5.38 Å². The average molecular weight is 281 g/mol. The Morgan fingerprint density at radius 1 is 1.47 bits per heavy atom. The SMILES string of the molecule is CCCC1CCC(NC(=O)Cc2csc(N)n2)CC1. The lowest BCUT2D eigenvalue weighted by atomic mass is 9.83.